The Bertz CT molecular complexity index is 1270. The average Bonchev–Trinajstić information content (AvgIpc) is 3.19. The number of rotatable bonds is 37. The first-order chi connectivity index (χ1) is 27.3. The summed E-state index contributed by atoms with van der Waals surface area (Å²) in [6.45, 7) is 3.05. The number of phosphoric ester groups is 1. The maximum absolute atomic E-state index is 12.6. The zero-order valence-corrected chi connectivity index (χ0v) is 35.2. The second kappa shape index (κ2) is 41.5. The van der Waals surface area contributed by atoms with Gasteiger partial charge in [0, 0.05) is 13.0 Å². The fourth-order valence-electron chi connectivity index (χ4n) is 4.60. The third kappa shape index (κ3) is 40.5. The van der Waals surface area contributed by atoms with Crippen molar-refractivity contribution in [3.8, 4) is 0 Å². The Balaban J connectivity index is 4.43. The molecule has 0 aromatic rings. The lowest BCUT2D eigenvalue weighted by atomic mass is 10.2. The van der Waals surface area contributed by atoms with Gasteiger partial charge >= 0.3 is 13.8 Å². The smallest absolute Gasteiger partial charge is 0.457 e. The molecule has 56 heavy (non-hydrogen) atoms. The van der Waals surface area contributed by atoms with Crippen molar-refractivity contribution in [1.29, 1.82) is 0 Å². The Morgan fingerprint density at radius 1 is 0.554 bits per heavy atom. The van der Waals surface area contributed by atoms with Gasteiger partial charge in [-0.3, -0.25) is 13.8 Å². The second-order valence-corrected chi connectivity index (χ2v) is 14.3. The van der Waals surface area contributed by atoms with E-state index in [0.29, 0.717) is 13.0 Å². The molecule has 0 saturated heterocycles. The molecule has 3 N–H and O–H groups in total. The zero-order chi connectivity index (χ0) is 41.1. The van der Waals surface area contributed by atoms with Gasteiger partial charge in [0.2, 0.25) is 0 Å². The topological polar surface area (TPSA) is 132 Å². The van der Waals surface area contributed by atoms with E-state index in [1.807, 2.05) is 12.2 Å². The summed E-state index contributed by atoms with van der Waals surface area (Å²) in [6.07, 6.45) is 54.6. The first-order valence-electron chi connectivity index (χ1n) is 20.5. The van der Waals surface area contributed by atoms with Crippen LogP contribution in [0.4, 0.5) is 0 Å². The summed E-state index contributed by atoms with van der Waals surface area (Å²) >= 11 is 0. The van der Waals surface area contributed by atoms with Crippen molar-refractivity contribution in [2.75, 3.05) is 33.0 Å². The predicted octanol–water partition coefficient (Wildman–Crippen LogP) is 11.2. The van der Waals surface area contributed by atoms with Gasteiger partial charge in [-0.1, -0.05) is 142 Å². The molecule has 10 heteroatoms. The number of aliphatic hydroxyl groups is 2. The van der Waals surface area contributed by atoms with Crippen LogP contribution in [0.15, 0.2) is 122 Å². The van der Waals surface area contributed by atoms with E-state index in [4.69, 9.17) is 23.6 Å². The Morgan fingerprint density at radius 2 is 0.964 bits per heavy atom. The molecule has 0 aliphatic carbocycles. The molecule has 0 bridgehead atoms. The fraction of sp³-hybridized carbons (Fsp3) is 0.543. The summed E-state index contributed by atoms with van der Waals surface area (Å²) in [5, 5.41) is 18.3. The van der Waals surface area contributed by atoms with Crippen molar-refractivity contribution >= 4 is 13.8 Å². The minimum atomic E-state index is -4.56. The first-order valence-corrected chi connectivity index (χ1v) is 22.0. The highest BCUT2D eigenvalue weighted by Gasteiger charge is 2.26. The van der Waals surface area contributed by atoms with Crippen molar-refractivity contribution in [2.45, 2.75) is 129 Å². The van der Waals surface area contributed by atoms with E-state index in [-0.39, 0.29) is 13.0 Å². The van der Waals surface area contributed by atoms with E-state index in [1.54, 1.807) is 0 Å². The Labute approximate surface area is 339 Å². The Kier molecular flexibility index (Phi) is 39.2. The van der Waals surface area contributed by atoms with Crippen LogP contribution in [0, 0.1) is 0 Å². The quantitative estimate of drug-likeness (QED) is 0.0243. The number of unbranched alkanes of at least 4 members (excludes halogenated alkanes) is 3. The molecule has 0 aliphatic heterocycles. The van der Waals surface area contributed by atoms with Gasteiger partial charge in [-0.05, 0) is 89.9 Å². The highest BCUT2D eigenvalue weighted by Crippen LogP contribution is 2.43. The molecule has 0 aliphatic rings. The Hall–Kier alpha value is -3.14. The van der Waals surface area contributed by atoms with Crippen molar-refractivity contribution in [1.82, 2.24) is 0 Å². The van der Waals surface area contributed by atoms with Gasteiger partial charge in [-0.15, -0.1) is 0 Å². The van der Waals surface area contributed by atoms with Crippen LogP contribution < -0.4 is 0 Å². The van der Waals surface area contributed by atoms with Crippen LogP contribution in [0.5, 0.6) is 0 Å². The summed E-state index contributed by atoms with van der Waals surface area (Å²) in [7, 11) is -4.56. The van der Waals surface area contributed by atoms with Crippen LogP contribution in [0.1, 0.15) is 117 Å². The van der Waals surface area contributed by atoms with Gasteiger partial charge in [0.1, 0.15) is 12.2 Å². The molecule has 0 saturated carbocycles. The standard InChI is InChI=1S/C46H73O9P/c1-3-5-7-9-11-13-15-17-19-21-22-23-24-26-28-30-32-34-36-38-46(49)55-45(43-54-56(50,51)53-41-44(48)40-47)42-52-39-37-35-33-31-29-27-25-20-18-16-14-12-10-8-6-4-2/h5-8,11-14,17-20,22-23,26-29,32,34,44-45,47-48H,3-4,9-10,15-16,21,24-25,30-31,33,35-43H2,1-2H3,(H,50,51)/b7-5-,8-6-,13-11-,14-12-,19-17-,20-18-,23-22-,28-26-,29-27-,34-32-. The highest BCUT2D eigenvalue weighted by atomic mass is 31.2. The fourth-order valence-corrected chi connectivity index (χ4v) is 5.39. The Morgan fingerprint density at radius 3 is 1.41 bits per heavy atom. The molecule has 0 fully saturated rings. The lowest BCUT2D eigenvalue weighted by molar-refractivity contribution is -0.154. The molecular formula is C46H73O9P. The van der Waals surface area contributed by atoms with E-state index in [9.17, 15) is 19.4 Å². The third-order valence-corrected chi connectivity index (χ3v) is 8.61. The molecule has 0 spiro atoms. The number of carbonyl (C=O) groups is 1. The van der Waals surface area contributed by atoms with Crippen molar-refractivity contribution in [3.63, 3.8) is 0 Å². The number of esters is 1. The molecule has 0 rings (SSSR count). The number of hydrogen-bond donors (Lipinski definition) is 3. The number of allylic oxidation sites excluding steroid dienone is 20. The van der Waals surface area contributed by atoms with Crippen molar-refractivity contribution < 1.29 is 43.0 Å². The molecule has 9 nitrogen and oxygen atoms in total. The minimum absolute atomic E-state index is 0.0121. The summed E-state index contributed by atoms with van der Waals surface area (Å²) < 4.78 is 33.2. The molecular weight excluding hydrogens is 727 g/mol. The van der Waals surface area contributed by atoms with Crippen molar-refractivity contribution in [2.24, 2.45) is 0 Å². The van der Waals surface area contributed by atoms with Gasteiger partial charge in [0.15, 0.2) is 0 Å². The highest BCUT2D eigenvalue weighted by molar-refractivity contribution is 7.47. The molecule has 0 radical (unpaired) electrons. The van der Waals surface area contributed by atoms with Gasteiger partial charge < -0.3 is 24.6 Å². The van der Waals surface area contributed by atoms with Crippen LogP contribution in [-0.2, 0) is 27.9 Å². The summed E-state index contributed by atoms with van der Waals surface area (Å²) in [5.41, 5.74) is 0. The average molecular weight is 801 g/mol. The van der Waals surface area contributed by atoms with E-state index in [1.165, 1.54) is 0 Å². The van der Waals surface area contributed by atoms with Gasteiger partial charge in [0.05, 0.1) is 26.4 Å². The summed E-state index contributed by atoms with van der Waals surface area (Å²) in [6, 6.07) is 0. The van der Waals surface area contributed by atoms with Gasteiger partial charge in [0.25, 0.3) is 0 Å². The molecule has 3 unspecified atom stereocenters. The lowest BCUT2D eigenvalue weighted by Gasteiger charge is -2.20. The number of carbonyl (C=O) groups excluding carboxylic acids is 1. The van der Waals surface area contributed by atoms with E-state index in [2.05, 4.69) is 123 Å². The van der Waals surface area contributed by atoms with E-state index >= 15 is 0 Å². The van der Waals surface area contributed by atoms with Crippen LogP contribution >= 0.6 is 7.82 Å². The monoisotopic (exact) mass is 800 g/mol. The van der Waals surface area contributed by atoms with Crippen LogP contribution in [0.3, 0.4) is 0 Å². The number of aliphatic hydroxyl groups excluding tert-OH is 2. The SMILES string of the molecule is CC/C=C\C/C=C\C/C=C\C/C=C\C/C=C\C/C=C\CCC(=O)OC(COCCCCC/C=C\C/C=C\C/C=C\C/C=C\CC)COP(=O)(O)OCC(O)CO. The summed E-state index contributed by atoms with van der Waals surface area (Å²) in [4.78, 5) is 22.5. The van der Waals surface area contributed by atoms with Gasteiger partial charge in [-0.25, -0.2) is 4.57 Å². The molecule has 3 atom stereocenters. The van der Waals surface area contributed by atoms with Crippen LogP contribution in [0.2, 0.25) is 0 Å². The molecule has 0 heterocycles. The molecule has 0 aromatic heterocycles. The molecule has 0 amide bonds. The normalized spacial score (nSPS) is 15.3. The lowest BCUT2D eigenvalue weighted by Crippen LogP contribution is -2.29. The van der Waals surface area contributed by atoms with Gasteiger partial charge in [-0.2, -0.15) is 0 Å². The number of ether oxygens (including phenoxy) is 2. The third-order valence-electron chi connectivity index (χ3n) is 7.66. The maximum Gasteiger partial charge on any atom is 0.472 e. The zero-order valence-electron chi connectivity index (χ0n) is 34.3. The van der Waals surface area contributed by atoms with E-state index < -0.39 is 45.8 Å². The molecule has 316 valence electrons. The maximum atomic E-state index is 12.6. The van der Waals surface area contributed by atoms with Crippen LogP contribution in [0.25, 0.3) is 0 Å². The van der Waals surface area contributed by atoms with E-state index in [0.717, 1.165) is 89.9 Å². The molecule has 0 aromatic carbocycles. The first kappa shape index (κ1) is 52.9. The largest absolute Gasteiger partial charge is 0.472 e. The van der Waals surface area contributed by atoms with Crippen molar-refractivity contribution in [3.05, 3.63) is 122 Å². The van der Waals surface area contributed by atoms with Crippen LogP contribution in [-0.4, -0.2) is 66.3 Å². The predicted molar refractivity (Wildman–Crippen MR) is 232 cm³/mol. The number of phosphoric acid groups is 1. The minimum Gasteiger partial charge on any atom is -0.457 e. The second-order valence-electron chi connectivity index (χ2n) is 12.9. The number of hydrogen-bond acceptors (Lipinski definition) is 8. The summed E-state index contributed by atoms with van der Waals surface area (Å²) in [5.74, 6) is -0.482.